The first-order valence-corrected chi connectivity index (χ1v) is 23.2. The van der Waals surface area contributed by atoms with Gasteiger partial charge in [0.05, 0.1) is 13.1 Å². The Balaban J connectivity index is 1.56. The zero-order valence-corrected chi connectivity index (χ0v) is 41.7. The number of alkyl carbamates (subject to hydrolysis) is 2. The van der Waals surface area contributed by atoms with Gasteiger partial charge in [0.1, 0.15) is 60.1 Å². The average molecular weight is 979 g/mol. The molecule has 1 aliphatic heterocycles. The summed E-state index contributed by atoms with van der Waals surface area (Å²) in [7, 11) is 1.37. The smallest absolute Gasteiger partial charge is 0.407 e. The number of nitrogens with zero attached hydrogens (tertiary/aromatic N) is 1. The topological polar surface area (TPSA) is 272 Å². The fourth-order valence-corrected chi connectivity index (χ4v) is 7.41. The van der Waals surface area contributed by atoms with E-state index in [4.69, 9.17) is 30.4 Å². The van der Waals surface area contributed by atoms with Crippen molar-refractivity contribution >= 4 is 41.7 Å². The summed E-state index contributed by atoms with van der Waals surface area (Å²) in [5.41, 5.74) is 15.2. The van der Waals surface area contributed by atoms with E-state index in [1.807, 2.05) is 31.2 Å². The Morgan fingerprint density at radius 3 is 1.77 bits per heavy atom. The normalized spacial score (nSPS) is 16.4. The van der Waals surface area contributed by atoms with E-state index in [1.54, 1.807) is 102 Å². The highest BCUT2D eigenvalue weighted by molar-refractivity contribution is 5.99. The van der Waals surface area contributed by atoms with E-state index in [-0.39, 0.29) is 61.9 Å². The predicted molar refractivity (Wildman–Crippen MR) is 266 cm³/mol. The first kappa shape index (κ1) is 54.3. The third-order valence-electron chi connectivity index (χ3n) is 10.9. The zero-order chi connectivity index (χ0) is 52.2. The predicted octanol–water partition coefficient (Wildman–Crippen LogP) is 4.42. The van der Waals surface area contributed by atoms with Crippen molar-refractivity contribution in [1.29, 1.82) is 0 Å². The number of amides is 7. The quantitative estimate of drug-likeness (QED) is 0.0816. The maximum Gasteiger partial charge on any atom is 0.407 e. The molecule has 9 N–H and O–H groups in total. The van der Waals surface area contributed by atoms with Gasteiger partial charge in [0, 0.05) is 36.7 Å². The fraction of sp³-hybridized carbons (Fsp3) is 0.404. The number of nitrogens with one attached hydrogen (secondary N) is 5. The van der Waals surface area contributed by atoms with Crippen LogP contribution in [0.2, 0.25) is 0 Å². The lowest BCUT2D eigenvalue weighted by Gasteiger charge is -2.32. The van der Waals surface area contributed by atoms with Crippen molar-refractivity contribution in [1.82, 2.24) is 31.5 Å². The van der Waals surface area contributed by atoms with E-state index >= 15 is 0 Å². The van der Waals surface area contributed by atoms with Gasteiger partial charge in [0.15, 0.2) is 0 Å². The number of likely N-dealkylation sites (N-methyl/N-ethyl adjacent to an activating group) is 1. The van der Waals surface area contributed by atoms with Crippen LogP contribution in [0.4, 0.5) is 9.59 Å². The van der Waals surface area contributed by atoms with Crippen molar-refractivity contribution in [3.8, 4) is 33.8 Å². The number of aryl methyl sites for hydroxylation is 1. The zero-order valence-electron chi connectivity index (χ0n) is 41.7. The minimum Gasteiger partial charge on any atom is -0.491 e. The Bertz CT molecular complexity index is 2570. The van der Waals surface area contributed by atoms with Gasteiger partial charge in [-0.2, -0.15) is 0 Å². The second-order valence-electron chi connectivity index (χ2n) is 19.1. The second kappa shape index (κ2) is 23.8. The summed E-state index contributed by atoms with van der Waals surface area (Å²) in [6.45, 7) is 13.4. The molecule has 71 heavy (non-hydrogen) atoms. The molecule has 0 aliphatic carbocycles. The van der Waals surface area contributed by atoms with Gasteiger partial charge < -0.3 is 61.9 Å². The lowest BCUT2D eigenvalue weighted by Crippen LogP contribution is -2.56. The number of hydrogen-bond acceptors (Lipinski definition) is 12. The van der Waals surface area contributed by atoms with E-state index in [2.05, 4.69) is 26.6 Å². The largest absolute Gasteiger partial charge is 0.491 e. The number of hydrogen-bond donors (Lipinski definition) is 7. The summed E-state index contributed by atoms with van der Waals surface area (Å²) < 4.78 is 23.3. The maximum absolute atomic E-state index is 14.6. The molecule has 4 atom stereocenters. The first-order chi connectivity index (χ1) is 33.4. The summed E-state index contributed by atoms with van der Waals surface area (Å²) in [6.07, 6.45) is -1.37. The van der Waals surface area contributed by atoms with Crippen LogP contribution in [0.1, 0.15) is 81.6 Å². The summed E-state index contributed by atoms with van der Waals surface area (Å²) in [5.74, 6) is -3.16. The van der Waals surface area contributed by atoms with Gasteiger partial charge in [-0.3, -0.25) is 24.0 Å². The summed E-state index contributed by atoms with van der Waals surface area (Å²) in [6, 6.07) is 19.3. The molecule has 5 rings (SSSR count). The molecular weight excluding hydrogens is 913 g/mol. The minimum atomic E-state index is -1.47. The minimum absolute atomic E-state index is 0.0269. The number of benzene rings is 4. The van der Waals surface area contributed by atoms with Crippen molar-refractivity contribution < 1.29 is 52.5 Å². The monoisotopic (exact) mass is 978 g/mol. The van der Waals surface area contributed by atoms with E-state index < -0.39 is 77.1 Å². The number of carbonyl (C=O) groups excluding carboxylic acids is 7. The van der Waals surface area contributed by atoms with Crippen molar-refractivity contribution in [3.63, 3.8) is 0 Å². The molecule has 0 saturated heterocycles. The van der Waals surface area contributed by atoms with Crippen LogP contribution in [0.3, 0.4) is 0 Å². The molecule has 0 spiro atoms. The summed E-state index contributed by atoms with van der Waals surface area (Å²) in [5, 5.41) is 13.3. The van der Waals surface area contributed by atoms with Crippen LogP contribution < -0.4 is 47.5 Å². The molecule has 19 nitrogen and oxygen atoms in total. The van der Waals surface area contributed by atoms with E-state index in [0.29, 0.717) is 16.7 Å². The van der Waals surface area contributed by atoms with E-state index in [9.17, 15) is 33.6 Å². The molecule has 0 aromatic heterocycles. The van der Waals surface area contributed by atoms with Crippen LogP contribution in [-0.2, 0) is 35.1 Å². The van der Waals surface area contributed by atoms with Crippen molar-refractivity contribution in [3.05, 3.63) is 107 Å². The Hall–Kier alpha value is -7.67. The molecule has 7 amide bonds. The SMILES string of the molecule is Cc1ccc(-c2ccc(C(=O)N[C@@H](CN)C(=O)N(C)[C@@H]3C(=O)N[C@@H](C)C(=O)N[C@H](C(N)=O)Cc4ccc(OCCNC(=O)OC(C)(C)C)c(c4)-c4cc3ccc4OCCNC(=O)OC(C)(C)C)cc2)cc1. The second-order valence-corrected chi connectivity index (χ2v) is 19.1. The Morgan fingerprint density at radius 2 is 1.25 bits per heavy atom. The molecule has 4 aromatic rings. The highest BCUT2D eigenvalue weighted by Gasteiger charge is 2.36. The average Bonchev–Trinajstić information content (AvgIpc) is 3.29. The van der Waals surface area contributed by atoms with Gasteiger partial charge in [0.25, 0.3) is 5.91 Å². The maximum atomic E-state index is 14.6. The Kier molecular flexibility index (Phi) is 18.2. The lowest BCUT2D eigenvalue weighted by molar-refractivity contribution is -0.141. The number of nitrogens with two attached hydrogens (primary N) is 2. The molecule has 0 saturated carbocycles. The third-order valence-corrected chi connectivity index (χ3v) is 10.9. The van der Waals surface area contributed by atoms with Crippen molar-refractivity contribution in [2.24, 2.45) is 11.5 Å². The number of carbonyl (C=O) groups is 7. The lowest BCUT2D eigenvalue weighted by atomic mass is 9.93. The van der Waals surface area contributed by atoms with Gasteiger partial charge in [-0.15, -0.1) is 0 Å². The van der Waals surface area contributed by atoms with Crippen LogP contribution >= 0.6 is 0 Å². The fourth-order valence-electron chi connectivity index (χ4n) is 7.41. The van der Waals surface area contributed by atoms with E-state index in [0.717, 1.165) is 21.6 Å². The third kappa shape index (κ3) is 15.7. The molecule has 0 fully saturated rings. The number of rotatable bonds is 15. The molecule has 380 valence electrons. The molecule has 4 bridgehead atoms. The summed E-state index contributed by atoms with van der Waals surface area (Å²) in [4.78, 5) is 95.3. The molecule has 0 radical (unpaired) electrons. The molecule has 1 heterocycles. The first-order valence-electron chi connectivity index (χ1n) is 23.2. The standard InChI is InChI=1S/C52H66N8O11/c1-30-10-13-33(14-11-30)34-15-17-35(18-16-34)46(63)59-40(29-53)48(65)60(9)43-36-19-21-42(69-25-23-56-50(67)71-52(6,7)8)38(28-36)37-26-32(27-39(44(54)61)58-45(62)31(2)57-47(43)64)12-20-41(37)68-24-22-55-49(66)70-51(3,4)5/h10-21,26,28,31,39-40,43H,22-25,27,29,53H2,1-9H3,(H2,54,61)(H,55,66)(H,56,67)(H,57,64)(H,58,62)(H,59,63)/t31-,39-,40-,43-/m0/s1. The van der Waals surface area contributed by atoms with Crippen LogP contribution in [0.5, 0.6) is 11.5 Å². The number of primary amides is 1. The number of ether oxygens (including phenoxy) is 4. The molecule has 0 unspecified atom stereocenters. The molecular formula is C52H66N8O11. The van der Waals surface area contributed by atoms with Gasteiger partial charge in [-0.05, 0) is 114 Å². The summed E-state index contributed by atoms with van der Waals surface area (Å²) >= 11 is 0. The van der Waals surface area contributed by atoms with Crippen LogP contribution in [0.15, 0.2) is 84.9 Å². The molecule has 19 heteroatoms. The van der Waals surface area contributed by atoms with Gasteiger partial charge >= 0.3 is 12.2 Å². The highest BCUT2D eigenvalue weighted by atomic mass is 16.6. The van der Waals surface area contributed by atoms with Crippen molar-refractivity contribution in [2.45, 2.75) is 97.2 Å². The molecule has 4 aromatic carbocycles. The Labute approximate surface area is 414 Å². The Morgan fingerprint density at radius 1 is 0.732 bits per heavy atom. The van der Waals surface area contributed by atoms with Crippen LogP contribution in [0, 0.1) is 6.92 Å². The van der Waals surface area contributed by atoms with Crippen molar-refractivity contribution in [2.75, 3.05) is 39.9 Å². The van der Waals surface area contributed by atoms with Gasteiger partial charge in [-0.1, -0.05) is 54.1 Å². The van der Waals surface area contributed by atoms with Crippen LogP contribution in [0.25, 0.3) is 22.3 Å². The number of fused-ring (bicyclic) bond motifs is 5. The van der Waals surface area contributed by atoms with Crippen LogP contribution in [-0.4, -0.2) is 116 Å². The van der Waals surface area contributed by atoms with Gasteiger partial charge in [-0.25, -0.2) is 9.59 Å². The van der Waals surface area contributed by atoms with E-state index in [1.165, 1.54) is 14.0 Å². The highest BCUT2D eigenvalue weighted by Crippen LogP contribution is 2.40. The van der Waals surface area contributed by atoms with Gasteiger partial charge in [0.2, 0.25) is 23.6 Å². The molecule has 1 aliphatic rings.